The zero-order valence-corrected chi connectivity index (χ0v) is 25.8. The molecule has 2 aromatic carbocycles. The van der Waals surface area contributed by atoms with Gasteiger partial charge in [-0.2, -0.15) is 0 Å². The smallest absolute Gasteiger partial charge is 0.220 e. The summed E-state index contributed by atoms with van der Waals surface area (Å²) in [7, 11) is 2.20. The monoisotopic (exact) mass is 577 g/mol. The molecule has 214 valence electrons. The molecule has 0 spiro atoms. The average Bonchev–Trinajstić information content (AvgIpc) is 3.65. The third-order valence-corrected chi connectivity index (χ3v) is 11.9. The highest BCUT2D eigenvalue weighted by molar-refractivity contribution is 6.98. The molecule has 0 saturated carbocycles. The van der Waals surface area contributed by atoms with E-state index in [0.29, 0.717) is 12.8 Å². The molecule has 1 aliphatic heterocycles. The minimum atomic E-state index is -2.00. The van der Waals surface area contributed by atoms with Crippen LogP contribution in [0.3, 0.4) is 0 Å². The van der Waals surface area contributed by atoms with Crippen LogP contribution in [0.5, 0.6) is 0 Å². The molecular weight excluding hydrogens is 540 g/mol. The summed E-state index contributed by atoms with van der Waals surface area (Å²) in [5.74, 6) is -0.112. The Kier molecular flexibility index (Phi) is 7.16. The topological polar surface area (TPSA) is 98.8 Å². The number of carbonyl (C=O) groups excluding carboxylic acids is 1. The number of aliphatic hydroxyl groups is 1. The van der Waals surface area contributed by atoms with Gasteiger partial charge in [-0.3, -0.25) is 4.79 Å². The molecule has 3 heterocycles. The van der Waals surface area contributed by atoms with Crippen molar-refractivity contribution < 1.29 is 14.5 Å². The van der Waals surface area contributed by atoms with Crippen molar-refractivity contribution in [1.82, 2.24) is 25.3 Å². The second-order valence-electron chi connectivity index (χ2n) is 11.8. The summed E-state index contributed by atoms with van der Waals surface area (Å²) in [5.41, 5.74) is 10.1. The Bertz CT molecular complexity index is 1850. The lowest BCUT2D eigenvalue weighted by molar-refractivity contribution is -0.462. The van der Waals surface area contributed by atoms with Crippen molar-refractivity contribution in [3.05, 3.63) is 100 Å². The van der Waals surface area contributed by atoms with E-state index in [2.05, 4.69) is 114 Å². The van der Waals surface area contributed by atoms with Crippen LogP contribution in [-0.2, 0) is 11.2 Å². The highest BCUT2D eigenvalue weighted by Crippen LogP contribution is 2.43. The molecular formula is C33H37N6O2Si+. The number of H-pyrrole nitrogens is 1. The maximum Gasteiger partial charge on any atom is 0.220 e. The number of amides is 1. The molecule has 8 nitrogen and oxygen atoms in total. The van der Waals surface area contributed by atoms with E-state index in [1.54, 1.807) is 4.68 Å². The van der Waals surface area contributed by atoms with Crippen LogP contribution in [0.25, 0.3) is 22.2 Å². The van der Waals surface area contributed by atoms with Gasteiger partial charge in [0, 0.05) is 48.6 Å². The molecule has 0 unspecified atom stereocenters. The minimum absolute atomic E-state index is 0.0739. The third-order valence-electron chi connectivity index (χ3n) is 8.35. The second-order valence-corrected chi connectivity index (χ2v) is 16.2. The van der Waals surface area contributed by atoms with Crippen molar-refractivity contribution >= 4 is 41.4 Å². The third kappa shape index (κ3) is 4.88. The fourth-order valence-corrected chi connectivity index (χ4v) is 9.23. The largest absolute Gasteiger partial charge is 0.395 e. The summed E-state index contributed by atoms with van der Waals surface area (Å²) in [6, 6.07) is 13.4. The molecule has 0 radical (unpaired) electrons. The Balaban J connectivity index is 1.50. The maximum atomic E-state index is 12.0. The molecule has 3 N–H and O–H groups in total. The predicted octanol–water partition coefficient (Wildman–Crippen LogP) is 3.58. The summed E-state index contributed by atoms with van der Waals surface area (Å²) in [6.07, 6.45) is 11.6. The fraction of sp³-hybridized carbons (Fsp3) is 0.273. The highest BCUT2D eigenvalue weighted by atomic mass is 28.3. The molecule has 4 aromatic rings. The van der Waals surface area contributed by atoms with Crippen LogP contribution in [0.1, 0.15) is 28.8 Å². The lowest BCUT2D eigenvalue weighted by Gasteiger charge is -2.38. The molecule has 0 fully saturated rings. The molecule has 0 saturated heterocycles. The quantitative estimate of drug-likeness (QED) is 0.231. The number of hydrogen-bond donors (Lipinski definition) is 3. The van der Waals surface area contributed by atoms with Gasteiger partial charge in [0.05, 0.1) is 24.2 Å². The molecule has 0 bridgehead atoms. The zero-order valence-electron chi connectivity index (χ0n) is 24.8. The van der Waals surface area contributed by atoms with Crippen LogP contribution in [0.15, 0.2) is 77.8 Å². The standard InChI is InChI=1S/C33H36N6O2Si/c1-21-6-9-26-30(16-21)42(4,5)31-19-23(38(2)3)8-10-27(31)33(26)28-17-24(18-29-25(28)12-13-34-29)39-20-22(36-37-39)7-11-32(41)35-14-15-40/h6,8-10,12-13,16-20,40H,7,11,14-15H2,1-5H3,(H,35,41)/p+1. The minimum Gasteiger partial charge on any atom is -0.395 e. The van der Waals surface area contributed by atoms with Crippen LogP contribution >= 0.6 is 0 Å². The number of rotatable bonds is 7. The van der Waals surface area contributed by atoms with Crippen LogP contribution in [-0.4, -0.2) is 76.6 Å². The Labute approximate surface area is 246 Å². The predicted molar refractivity (Wildman–Crippen MR) is 170 cm³/mol. The molecule has 9 heteroatoms. The van der Waals surface area contributed by atoms with Crippen LogP contribution in [0, 0.1) is 6.92 Å². The van der Waals surface area contributed by atoms with E-state index in [9.17, 15) is 4.79 Å². The van der Waals surface area contributed by atoms with E-state index in [-0.39, 0.29) is 19.1 Å². The summed E-state index contributed by atoms with van der Waals surface area (Å²) in [4.78, 5) is 15.5. The van der Waals surface area contributed by atoms with E-state index in [4.69, 9.17) is 5.11 Å². The molecule has 2 aliphatic rings. The molecule has 1 amide bonds. The van der Waals surface area contributed by atoms with Crippen LogP contribution in [0.2, 0.25) is 13.1 Å². The van der Waals surface area contributed by atoms with Gasteiger partial charge < -0.3 is 15.4 Å². The number of fused-ring (bicyclic) bond motifs is 3. The number of aliphatic hydroxyl groups excluding tert-OH is 1. The van der Waals surface area contributed by atoms with Crippen molar-refractivity contribution in [2.45, 2.75) is 32.9 Å². The number of nitrogens with one attached hydrogen (secondary N) is 2. The number of allylic oxidation sites excluding steroid dienone is 5. The van der Waals surface area contributed by atoms with Crippen molar-refractivity contribution in [3.63, 3.8) is 0 Å². The van der Waals surface area contributed by atoms with Gasteiger partial charge in [0.1, 0.15) is 22.2 Å². The number of benzene rings is 2. The highest BCUT2D eigenvalue weighted by Gasteiger charge is 2.40. The number of aromatic amines is 1. The van der Waals surface area contributed by atoms with Crippen LogP contribution in [0.4, 0.5) is 0 Å². The maximum absolute atomic E-state index is 12.0. The van der Waals surface area contributed by atoms with E-state index < -0.39 is 8.07 Å². The van der Waals surface area contributed by atoms with E-state index in [1.165, 1.54) is 38.4 Å². The summed E-state index contributed by atoms with van der Waals surface area (Å²) in [6.45, 7) is 7.29. The zero-order chi connectivity index (χ0) is 29.6. The normalized spacial score (nSPS) is 15.5. The Morgan fingerprint density at radius 3 is 2.74 bits per heavy atom. The Morgan fingerprint density at radius 1 is 1.12 bits per heavy atom. The molecule has 2 aromatic heterocycles. The van der Waals surface area contributed by atoms with Gasteiger partial charge in [-0.15, -0.1) is 5.10 Å². The Morgan fingerprint density at radius 2 is 1.95 bits per heavy atom. The van der Waals surface area contributed by atoms with Gasteiger partial charge in [0.25, 0.3) is 0 Å². The number of nitrogens with zero attached hydrogens (tertiary/aromatic N) is 4. The van der Waals surface area contributed by atoms with Gasteiger partial charge in [-0.25, -0.2) is 9.26 Å². The lowest BCUT2D eigenvalue weighted by Crippen LogP contribution is -2.49. The van der Waals surface area contributed by atoms with Gasteiger partial charge in [-0.1, -0.05) is 42.1 Å². The number of aromatic nitrogens is 4. The molecule has 6 rings (SSSR count). The van der Waals surface area contributed by atoms with E-state index in [1.807, 2.05) is 12.4 Å². The van der Waals surface area contributed by atoms with Gasteiger partial charge >= 0.3 is 0 Å². The number of carbonyl (C=O) groups is 1. The first-order valence-corrected chi connectivity index (χ1v) is 17.4. The van der Waals surface area contributed by atoms with Crippen molar-refractivity contribution in [2.75, 3.05) is 27.2 Å². The first kappa shape index (κ1) is 27.8. The first-order valence-electron chi connectivity index (χ1n) is 14.4. The average molecular weight is 578 g/mol. The molecule has 1 aliphatic carbocycles. The number of aryl methyl sites for hydroxylation is 2. The summed E-state index contributed by atoms with van der Waals surface area (Å²) in [5, 5.41) is 24.5. The molecule has 0 atom stereocenters. The Hall–Kier alpha value is -4.34. The number of hydrogen-bond acceptors (Lipinski definition) is 4. The fourth-order valence-electron chi connectivity index (χ4n) is 6.07. The van der Waals surface area contributed by atoms with Crippen LogP contribution < -0.4 is 10.5 Å². The lowest BCUT2D eigenvalue weighted by atomic mass is 9.87. The van der Waals surface area contributed by atoms with Crippen molar-refractivity contribution in [2.24, 2.45) is 0 Å². The van der Waals surface area contributed by atoms with Crippen molar-refractivity contribution in [1.29, 1.82) is 0 Å². The first-order chi connectivity index (χ1) is 20.2. The molecule has 42 heavy (non-hydrogen) atoms. The van der Waals surface area contributed by atoms with E-state index >= 15 is 0 Å². The van der Waals surface area contributed by atoms with Gasteiger partial charge in [0.2, 0.25) is 5.91 Å². The second kappa shape index (κ2) is 10.8. The summed E-state index contributed by atoms with van der Waals surface area (Å²) < 4.78 is 3.97. The van der Waals surface area contributed by atoms with Gasteiger partial charge in [0.15, 0.2) is 5.71 Å². The summed E-state index contributed by atoms with van der Waals surface area (Å²) >= 11 is 0. The SMILES string of the molecule is Cc1ccc2c(c1)[Si](C)(C)C1=CC(=[N+](C)C)C=CC1=C2c1cc(-n2cc(CCC(=O)NCCO)nn2)cc2[nH]ccc12. The van der Waals surface area contributed by atoms with Crippen molar-refractivity contribution in [3.8, 4) is 5.69 Å². The van der Waals surface area contributed by atoms with E-state index in [0.717, 1.165) is 27.8 Å². The van der Waals surface area contributed by atoms with Gasteiger partial charge in [-0.05, 0) is 63.9 Å².